The first kappa shape index (κ1) is 19.2. The fourth-order valence-corrected chi connectivity index (χ4v) is 3.64. The predicted molar refractivity (Wildman–Crippen MR) is 101 cm³/mol. The highest BCUT2D eigenvalue weighted by atomic mass is 16.6. The molecule has 0 bridgehead atoms. The van der Waals surface area contributed by atoms with E-state index in [0.29, 0.717) is 24.5 Å². The number of fused-ring (bicyclic) bond motifs is 1. The lowest BCUT2D eigenvalue weighted by Gasteiger charge is -2.33. The maximum absolute atomic E-state index is 12.2. The van der Waals surface area contributed by atoms with Crippen molar-refractivity contribution in [3.63, 3.8) is 0 Å². The quantitative estimate of drug-likeness (QED) is 0.890. The van der Waals surface area contributed by atoms with E-state index in [1.807, 2.05) is 40.0 Å². The lowest BCUT2D eigenvalue weighted by atomic mass is 9.90. The van der Waals surface area contributed by atoms with Crippen molar-refractivity contribution in [1.29, 1.82) is 0 Å². The summed E-state index contributed by atoms with van der Waals surface area (Å²) in [4.78, 5) is 25.3. The molecule has 0 saturated carbocycles. The summed E-state index contributed by atoms with van der Waals surface area (Å²) in [6.07, 6.45) is 5.81. The van der Waals surface area contributed by atoms with Gasteiger partial charge in [0, 0.05) is 19.3 Å². The van der Waals surface area contributed by atoms with Crippen LogP contribution in [-0.4, -0.2) is 50.4 Å². The Bertz CT molecular complexity index is 858. The Hall–Kier alpha value is -2.57. The normalized spacial score (nSPS) is 15.9. The van der Waals surface area contributed by atoms with Gasteiger partial charge in [0.15, 0.2) is 0 Å². The van der Waals surface area contributed by atoms with Crippen molar-refractivity contribution in [2.75, 3.05) is 13.1 Å². The number of pyridine rings is 1. The average molecular weight is 373 g/mol. The maximum atomic E-state index is 12.2. The molecular formula is C20H27N3O4. The number of carbonyl (C=O) groups excluding carboxylic acids is 1. The summed E-state index contributed by atoms with van der Waals surface area (Å²) in [5.41, 5.74) is 2.44. The van der Waals surface area contributed by atoms with Gasteiger partial charge in [0.05, 0.1) is 11.7 Å². The molecule has 3 heterocycles. The van der Waals surface area contributed by atoms with Gasteiger partial charge in [-0.3, -0.25) is 0 Å². The van der Waals surface area contributed by atoms with Crippen molar-refractivity contribution in [3.05, 3.63) is 35.2 Å². The zero-order valence-corrected chi connectivity index (χ0v) is 16.4. The van der Waals surface area contributed by atoms with Crippen LogP contribution in [0.2, 0.25) is 0 Å². The van der Waals surface area contributed by atoms with E-state index in [1.165, 1.54) is 6.20 Å². The number of ether oxygens (including phenoxy) is 1. The number of nitrogens with zero attached hydrogens (tertiary/aromatic N) is 3. The molecule has 2 aromatic rings. The fourth-order valence-electron chi connectivity index (χ4n) is 3.64. The average Bonchev–Trinajstić information content (AvgIpc) is 2.98. The van der Waals surface area contributed by atoms with E-state index in [-0.39, 0.29) is 11.7 Å². The SMILES string of the molecule is Cc1cc(CC2CCN(C(=O)OC(C)(C)C)CC2)cn2ncc(C(=O)O)c12. The minimum absolute atomic E-state index is 0.227. The second-order valence-corrected chi connectivity index (χ2v) is 8.30. The second kappa shape index (κ2) is 7.21. The van der Waals surface area contributed by atoms with Crippen molar-refractivity contribution in [3.8, 4) is 0 Å². The molecule has 1 N–H and O–H groups in total. The number of carboxylic acids is 1. The Morgan fingerprint density at radius 1 is 1.30 bits per heavy atom. The van der Waals surface area contributed by atoms with Crippen LogP contribution in [0.4, 0.5) is 4.79 Å². The molecule has 1 aliphatic rings. The molecule has 0 radical (unpaired) electrons. The molecule has 146 valence electrons. The number of piperidine rings is 1. The second-order valence-electron chi connectivity index (χ2n) is 8.30. The number of aryl methyl sites for hydroxylation is 1. The van der Waals surface area contributed by atoms with Crippen molar-refractivity contribution in [1.82, 2.24) is 14.5 Å². The lowest BCUT2D eigenvalue weighted by molar-refractivity contribution is 0.0184. The number of carbonyl (C=O) groups is 2. The Morgan fingerprint density at radius 3 is 2.56 bits per heavy atom. The minimum Gasteiger partial charge on any atom is -0.478 e. The zero-order chi connectivity index (χ0) is 19.8. The Labute approximate surface area is 158 Å². The fraction of sp³-hybridized carbons (Fsp3) is 0.550. The van der Waals surface area contributed by atoms with E-state index in [2.05, 4.69) is 5.10 Å². The summed E-state index contributed by atoms with van der Waals surface area (Å²) in [6, 6.07) is 2.05. The lowest BCUT2D eigenvalue weighted by Crippen LogP contribution is -2.42. The van der Waals surface area contributed by atoms with Crippen LogP contribution in [0.3, 0.4) is 0 Å². The Kier molecular flexibility index (Phi) is 5.13. The molecular weight excluding hydrogens is 346 g/mol. The molecule has 0 spiro atoms. The van der Waals surface area contributed by atoms with Crippen LogP contribution in [0.5, 0.6) is 0 Å². The number of rotatable bonds is 3. The standard InChI is InChI=1S/C20H27N3O4/c1-13-9-15(12-23-17(13)16(11-21-23)18(24)25)10-14-5-7-22(8-6-14)19(26)27-20(2,3)4/h9,11-12,14H,5-8,10H2,1-4H3,(H,24,25). The summed E-state index contributed by atoms with van der Waals surface area (Å²) in [7, 11) is 0. The van der Waals surface area contributed by atoms with E-state index < -0.39 is 11.6 Å². The Morgan fingerprint density at radius 2 is 1.96 bits per heavy atom. The number of hydrogen-bond donors (Lipinski definition) is 1. The highest BCUT2D eigenvalue weighted by molar-refractivity contribution is 5.96. The van der Waals surface area contributed by atoms with E-state index in [1.54, 1.807) is 9.42 Å². The third-order valence-corrected chi connectivity index (χ3v) is 4.88. The first-order valence-corrected chi connectivity index (χ1v) is 9.32. The molecule has 27 heavy (non-hydrogen) atoms. The molecule has 1 saturated heterocycles. The van der Waals surface area contributed by atoms with Crippen LogP contribution in [0, 0.1) is 12.8 Å². The predicted octanol–water partition coefficient (Wildman–Crippen LogP) is 3.53. The van der Waals surface area contributed by atoms with Crippen molar-refractivity contribution < 1.29 is 19.4 Å². The monoisotopic (exact) mass is 373 g/mol. The van der Waals surface area contributed by atoms with Gasteiger partial charge in [-0.25, -0.2) is 14.1 Å². The molecule has 2 aromatic heterocycles. The van der Waals surface area contributed by atoms with Gasteiger partial charge in [-0.1, -0.05) is 6.07 Å². The molecule has 1 amide bonds. The van der Waals surface area contributed by atoms with E-state index >= 15 is 0 Å². The summed E-state index contributed by atoms with van der Waals surface area (Å²) in [6.45, 7) is 8.94. The summed E-state index contributed by atoms with van der Waals surface area (Å²) < 4.78 is 7.10. The van der Waals surface area contributed by atoms with Gasteiger partial charge in [0.1, 0.15) is 11.2 Å². The zero-order valence-electron chi connectivity index (χ0n) is 16.4. The van der Waals surface area contributed by atoms with Crippen molar-refractivity contribution in [2.24, 2.45) is 5.92 Å². The van der Waals surface area contributed by atoms with Gasteiger partial charge in [0.25, 0.3) is 0 Å². The number of hydrogen-bond acceptors (Lipinski definition) is 4. The van der Waals surface area contributed by atoms with Crippen LogP contribution < -0.4 is 0 Å². The molecule has 0 unspecified atom stereocenters. The summed E-state index contributed by atoms with van der Waals surface area (Å²) >= 11 is 0. The van der Waals surface area contributed by atoms with Gasteiger partial charge in [-0.05, 0) is 64.0 Å². The molecule has 7 nitrogen and oxygen atoms in total. The topological polar surface area (TPSA) is 84.1 Å². The van der Waals surface area contributed by atoms with Crippen molar-refractivity contribution in [2.45, 2.75) is 52.6 Å². The van der Waals surface area contributed by atoms with Crippen molar-refractivity contribution >= 4 is 17.6 Å². The van der Waals surface area contributed by atoms with Gasteiger partial charge in [-0.15, -0.1) is 0 Å². The smallest absolute Gasteiger partial charge is 0.410 e. The third kappa shape index (κ3) is 4.40. The number of likely N-dealkylation sites (tertiary alicyclic amines) is 1. The molecule has 3 rings (SSSR count). The van der Waals surface area contributed by atoms with Gasteiger partial charge in [0.2, 0.25) is 0 Å². The molecule has 0 atom stereocenters. The largest absolute Gasteiger partial charge is 0.478 e. The van der Waals surface area contributed by atoms with E-state index in [9.17, 15) is 14.7 Å². The summed E-state index contributed by atoms with van der Waals surface area (Å²) in [5.74, 6) is -0.481. The Balaban J connectivity index is 1.64. The molecule has 0 aliphatic carbocycles. The summed E-state index contributed by atoms with van der Waals surface area (Å²) in [5, 5.41) is 13.5. The molecule has 1 fully saturated rings. The van der Waals surface area contributed by atoms with Crippen LogP contribution in [0.1, 0.15) is 55.1 Å². The van der Waals surface area contributed by atoms with Crippen LogP contribution >= 0.6 is 0 Å². The third-order valence-electron chi connectivity index (χ3n) is 4.88. The number of carboxylic acid groups (broad SMARTS) is 1. The molecule has 0 aromatic carbocycles. The first-order valence-electron chi connectivity index (χ1n) is 9.32. The highest BCUT2D eigenvalue weighted by Crippen LogP contribution is 2.25. The number of aromatic nitrogens is 2. The molecule has 1 aliphatic heterocycles. The first-order chi connectivity index (χ1) is 12.6. The van der Waals surface area contributed by atoms with Gasteiger partial charge in [-0.2, -0.15) is 5.10 Å². The maximum Gasteiger partial charge on any atom is 0.410 e. The van der Waals surface area contributed by atoms with Crippen LogP contribution in [0.25, 0.3) is 5.52 Å². The van der Waals surface area contributed by atoms with Gasteiger partial charge < -0.3 is 14.7 Å². The highest BCUT2D eigenvalue weighted by Gasteiger charge is 2.27. The number of amides is 1. The van der Waals surface area contributed by atoms with E-state index in [0.717, 1.165) is 30.4 Å². The molecule has 7 heteroatoms. The minimum atomic E-state index is -0.963. The van der Waals surface area contributed by atoms with Crippen LogP contribution in [0.15, 0.2) is 18.5 Å². The number of aromatic carboxylic acids is 1. The van der Waals surface area contributed by atoms with Gasteiger partial charge >= 0.3 is 12.1 Å². The van der Waals surface area contributed by atoms with Crippen LogP contribution in [-0.2, 0) is 11.2 Å². The van der Waals surface area contributed by atoms with E-state index in [4.69, 9.17) is 4.74 Å².